The predicted molar refractivity (Wildman–Crippen MR) is 238 cm³/mol. The summed E-state index contributed by atoms with van der Waals surface area (Å²) >= 11 is 0. The van der Waals surface area contributed by atoms with Gasteiger partial charge >= 0.3 is 6.18 Å². The highest BCUT2D eigenvalue weighted by Gasteiger charge is 2.31. The lowest BCUT2D eigenvalue weighted by Gasteiger charge is -2.21. The first-order valence-corrected chi connectivity index (χ1v) is 20.0. The minimum Gasteiger partial charge on any atom is -0.309 e. The van der Waals surface area contributed by atoms with Crippen LogP contribution >= 0.6 is 0 Å². The van der Waals surface area contributed by atoms with E-state index >= 15 is 0 Å². The van der Waals surface area contributed by atoms with Crippen LogP contribution in [0.1, 0.15) is 69.4 Å². The molecule has 59 heavy (non-hydrogen) atoms. The summed E-state index contributed by atoms with van der Waals surface area (Å²) in [6.07, 6.45) is -4.45. The minimum absolute atomic E-state index is 0.0568. The zero-order valence-corrected chi connectivity index (χ0v) is 34.3. The van der Waals surface area contributed by atoms with Crippen molar-refractivity contribution in [2.75, 3.05) is 0 Å². The van der Waals surface area contributed by atoms with Gasteiger partial charge in [0.2, 0.25) is 0 Å². The number of para-hydroxylation sites is 2. The van der Waals surface area contributed by atoms with Crippen LogP contribution in [0, 0.1) is 18.3 Å². The molecule has 7 aromatic carbocycles. The fourth-order valence-electron chi connectivity index (χ4n) is 8.69. The average molecular weight is 780 g/mol. The molecule has 0 aliphatic carbocycles. The van der Waals surface area contributed by atoms with Crippen molar-refractivity contribution in [1.29, 1.82) is 5.26 Å². The summed E-state index contributed by atoms with van der Waals surface area (Å²) in [6, 6.07) is 48.5. The molecule has 0 atom stereocenters. The summed E-state index contributed by atoms with van der Waals surface area (Å²) in [7, 11) is 0. The predicted octanol–water partition coefficient (Wildman–Crippen LogP) is 15.0. The Bertz CT molecular complexity index is 3190. The SMILES string of the molecule is Cc1cc(C(F)(F)F)ccc1-c1ccc(-n2c3ccccc3c3cc(C(C)(C)C)ccc32)c(-c2cc(C#N)ccc2-n2c3ccccc3c3cc(C(C)(C)C)ccc32)c1. The van der Waals surface area contributed by atoms with Gasteiger partial charge in [0.15, 0.2) is 0 Å². The first-order chi connectivity index (χ1) is 28.0. The number of alkyl halides is 3. The summed E-state index contributed by atoms with van der Waals surface area (Å²) in [4.78, 5) is 0. The Labute approximate surface area is 342 Å². The van der Waals surface area contributed by atoms with Gasteiger partial charge in [-0.25, -0.2) is 0 Å². The maximum atomic E-state index is 13.9. The largest absolute Gasteiger partial charge is 0.416 e. The van der Waals surface area contributed by atoms with Gasteiger partial charge in [-0.3, -0.25) is 0 Å². The van der Waals surface area contributed by atoms with E-state index in [0.29, 0.717) is 16.7 Å². The molecule has 2 heterocycles. The molecule has 0 amide bonds. The number of nitrogens with zero attached hydrogens (tertiary/aromatic N) is 3. The van der Waals surface area contributed by atoms with Gasteiger partial charge in [-0.15, -0.1) is 0 Å². The molecule has 0 saturated heterocycles. The second-order valence-corrected chi connectivity index (χ2v) is 17.8. The number of fused-ring (bicyclic) bond motifs is 6. The Kier molecular flexibility index (Phi) is 8.68. The van der Waals surface area contributed by atoms with E-state index in [1.807, 2.05) is 30.3 Å². The third-order valence-corrected chi connectivity index (χ3v) is 11.8. The number of nitriles is 1. The van der Waals surface area contributed by atoms with Crippen molar-refractivity contribution in [3.8, 4) is 39.7 Å². The van der Waals surface area contributed by atoms with Crippen LogP contribution in [0.15, 0.2) is 140 Å². The summed E-state index contributed by atoms with van der Waals surface area (Å²) in [5, 5.41) is 14.9. The lowest BCUT2D eigenvalue weighted by molar-refractivity contribution is -0.137. The van der Waals surface area contributed by atoms with Crippen LogP contribution in [0.2, 0.25) is 0 Å². The highest BCUT2D eigenvalue weighted by Crippen LogP contribution is 2.44. The number of benzene rings is 7. The number of halogens is 3. The van der Waals surface area contributed by atoms with E-state index in [0.717, 1.165) is 77.7 Å². The maximum absolute atomic E-state index is 13.9. The molecular weight excluding hydrogens is 736 g/mol. The van der Waals surface area contributed by atoms with E-state index in [1.54, 1.807) is 13.0 Å². The Balaban J connectivity index is 1.40. The summed E-state index contributed by atoms with van der Waals surface area (Å²) in [5.74, 6) is 0. The van der Waals surface area contributed by atoms with Crippen LogP contribution in [0.3, 0.4) is 0 Å². The molecule has 292 valence electrons. The van der Waals surface area contributed by atoms with Crippen LogP contribution < -0.4 is 0 Å². The highest BCUT2D eigenvalue weighted by atomic mass is 19.4. The first-order valence-electron chi connectivity index (χ1n) is 20.0. The van der Waals surface area contributed by atoms with Crippen molar-refractivity contribution in [3.63, 3.8) is 0 Å². The van der Waals surface area contributed by atoms with Crippen molar-refractivity contribution in [2.24, 2.45) is 0 Å². The van der Waals surface area contributed by atoms with Gasteiger partial charge in [-0.2, -0.15) is 18.4 Å². The molecule has 0 radical (unpaired) electrons. The van der Waals surface area contributed by atoms with Gasteiger partial charge in [0.1, 0.15) is 0 Å². The fourth-order valence-corrected chi connectivity index (χ4v) is 8.69. The fraction of sp³-hybridized carbons (Fsp3) is 0.189. The number of rotatable bonds is 4. The van der Waals surface area contributed by atoms with E-state index in [4.69, 9.17) is 0 Å². The molecule has 9 aromatic rings. The van der Waals surface area contributed by atoms with Crippen molar-refractivity contribution in [1.82, 2.24) is 9.13 Å². The molecule has 0 spiro atoms. The van der Waals surface area contributed by atoms with E-state index in [1.165, 1.54) is 17.2 Å². The van der Waals surface area contributed by atoms with Gasteiger partial charge in [-0.1, -0.05) is 102 Å². The standard InChI is InChI=1S/C53H44F3N3/c1-32-26-37(53(54,55)56)18-21-38(32)34-17-23-48(59-46-15-11-9-13-40(46)44-30-36(52(5,6)7)20-25-50(44)59)42(28-34)41-27-33(31-57)16-22-47(41)58-45-14-10-8-12-39(45)43-29-35(51(2,3)4)19-24-49(43)58/h8-30H,1-7H3. The normalized spacial score (nSPS) is 12.6. The monoisotopic (exact) mass is 779 g/mol. The van der Waals surface area contributed by atoms with Crippen LogP contribution in [-0.4, -0.2) is 9.13 Å². The molecule has 0 fully saturated rings. The molecule has 0 aliphatic heterocycles. The van der Waals surface area contributed by atoms with Crippen LogP contribution in [0.4, 0.5) is 13.2 Å². The molecule has 6 heteroatoms. The van der Waals surface area contributed by atoms with Gasteiger partial charge < -0.3 is 9.13 Å². The topological polar surface area (TPSA) is 33.6 Å². The molecule has 0 aliphatic rings. The average Bonchev–Trinajstić information content (AvgIpc) is 3.71. The first kappa shape index (κ1) is 38.0. The van der Waals surface area contributed by atoms with Crippen LogP contribution in [0.5, 0.6) is 0 Å². The minimum atomic E-state index is -4.45. The molecule has 9 rings (SSSR count). The van der Waals surface area contributed by atoms with Crippen molar-refractivity contribution >= 4 is 43.6 Å². The lowest BCUT2D eigenvalue weighted by Crippen LogP contribution is -2.10. The van der Waals surface area contributed by atoms with E-state index in [-0.39, 0.29) is 10.8 Å². The second kappa shape index (κ2) is 13.5. The van der Waals surface area contributed by atoms with Gasteiger partial charge in [-0.05, 0) is 124 Å². The molecule has 0 saturated carbocycles. The van der Waals surface area contributed by atoms with E-state index in [9.17, 15) is 18.4 Å². The Morgan fingerprint density at radius 1 is 0.458 bits per heavy atom. The van der Waals surface area contributed by atoms with E-state index < -0.39 is 11.7 Å². The lowest BCUT2D eigenvalue weighted by atomic mass is 9.86. The molecular formula is C53H44F3N3. The number of aromatic nitrogens is 2. The third kappa shape index (κ3) is 6.37. The Morgan fingerprint density at radius 3 is 1.42 bits per heavy atom. The summed E-state index contributed by atoms with van der Waals surface area (Å²) < 4.78 is 46.2. The van der Waals surface area contributed by atoms with Crippen LogP contribution in [0.25, 0.3) is 77.2 Å². The highest BCUT2D eigenvalue weighted by molar-refractivity contribution is 6.12. The molecule has 0 bridgehead atoms. The number of aryl methyl sites for hydroxylation is 1. The second-order valence-electron chi connectivity index (χ2n) is 17.8. The Hall–Kier alpha value is -6.58. The molecule has 0 unspecified atom stereocenters. The van der Waals surface area contributed by atoms with Crippen molar-refractivity contribution in [2.45, 2.75) is 65.5 Å². The van der Waals surface area contributed by atoms with E-state index in [2.05, 4.69) is 148 Å². The maximum Gasteiger partial charge on any atom is 0.416 e. The number of hydrogen-bond acceptors (Lipinski definition) is 1. The van der Waals surface area contributed by atoms with Gasteiger partial charge in [0, 0.05) is 32.7 Å². The molecule has 3 nitrogen and oxygen atoms in total. The number of hydrogen-bond donors (Lipinski definition) is 0. The summed E-state index contributed by atoms with van der Waals surface area (Å²) in [5.41, 5.74) is 11.7. The van der Waals surface area contributed by atoms with Crippen molar-refractivity contribution < 1.29 is 13.2 Å². The smallest absolute Gasteiger partial charge is 0.309 e. The Morgan fingerprint density at radius 2 is 0.932 bits per heavy atom. The summed E-state index contributed by atoms with van der Waals surface area (Å²) in [6.45, 7) is 15.0. The van der Waals surface area contributed by atoms with Crippen LogP contribution in [-0.2, 0) is 17.0 Å². The quantitative estimate of drug-likeness (QED) is 0.175. The molecule has 2 aromatic heterocycles. The molecule has 0 N–H and O–H groups in total. The zero-order valence-electron chi connectivity index (χ0n) is 34.3. The van der Waals surface area contributed by atoms with Gasteiger partial charge in [0.05, 0.1) is 50.6 Å². The zero-order chi connectivity index (χ0) is 41.6. The van der Waals surface area contributed by atoms with Crippen molar-refractivity contribution in [3.05, 3.63) is 167 Å². The van der Waals surface area contributed by atoms with Gasteiger partial charge in [0.25, 0.3) is 0 Å². The third-order valence-electron chi connectivity index (χ3n) is 11.8.